The van der Waals surface area contributed by atoms with Crippen LogP contribution in [0.1, 0.15) is 26.3 Å². The lowest BCUT2D eigenvalue weighted by Crippen LogP contribution is -2.60. The van der Waals surface area contributed by atoms with Crippen molar-refractivity contribution in [1.29, 1.82) is 0 Å². The van der Waals surface area contributed by atoms with Crippen LogP contribution in [-0.4, -0.2) is 11.3 Å². The van der Waals surface area contributed by atoms with Gasteiger partial charge in [0.15, 0.2) is 0 Å². The maximum Gasteiger partial charge on any atom is 0.249 e. The van der Waals surface area contributed by atoms with Crippen LogP contribution in [0, 0.1) is 0 Å². The second-order valence-electron chi connectivity index (χ2n) is 22.8. The second kappa shape index (κ2) is 18.7. The molecule has 14 aromatic rings. The molecule has 0 N–H and O–H groups in total. The molecule has 2 aromatic heterocycles. The molecule has 0 aliphatic carbocycles. The predicted octanol–water partition coefficient (Wildman–Crippen LogP) is 19.5. The number of thiophene rings is 1. The van der Waals surface area contributed by atoms with E-state index in [4.69, 9.17) is 0 Å². The minimum absolute atomic E-state index is 0.0407. The minimum atomic E-state index is -0.0760. The van der Waals surface area contributed by atoms with Crippen LogP contribution in [0.2, 0.25) is 0 Å². The van der Waals surface area contributed by atoms with Gasteiger partial charge in [0.2, 0.25) is 6.71 Å². The molecule has 0 bridgehead atoms. The van der Waals surface area contributed by atoms with E-state index in [0.29, 0.717) is 0 Å². The number of benzene rings is 12. The molecule has 0 amide bonds. The number of aromatic nitrogens is 1. The van der Waals surface area contributed by atoms with E-state index in [-0.39, 0.29) is 12.1 Å². The number of rotatable bonds is 7. The normalized spacial score (nSPS) is 12.8. The summed E-state index contributed by atoms with van der Waals surface area (Å²) in [6, 6.07) is 100. The summed E-state index contributed by atoms with van der Waals surface area (Å²) in [7, 11) is 0. The average Bonchev–Trinajstić information content (AvgIpc) is 3.73. The van der Waals surface area contributed by atoms with Crippen LogP contribution < -0.4 is 21.3 Å². The first-order valence-corrected chi connectivity index (χ1v) is 29.7. The average molecular weight is 1070 g/mol. The third kappa shape index (κ3) is 7.93. The fraction of sp³-hybridized carbons (Fsp3) is 0.0526. The zero-order chi connectivity index (χ0) is 53.9. The highest BCUT2D eigenvalue weighted by Gasteiger charge is 2.42. The van der Waals surface area contributed by atoms with E-state index in [9.17, 15) is 0 Å². The number of nitrogens with zero attached hydrogens (tertiary/aromatic N) is 2. The Balaban J connectivity index is 0.969. The van der Waals surface area contributed by atoms with Crippen LogP contribution in [0.25, 0.3) is 103 Å². The molecular weight excluding hydrogens is 1020 g/mol. The number of hydrogen-bond acceptors (Lipinski definition) is 3. The fourth-order valence-corrected chi connectivity index (χ4v) is 15.4. The van der Waals surface area contributed by atoms with Crippen LogP contribution >= 0.6 is 23.1 Å². The molecule has 4 heterocycles. The van der Waals surface area contributed by atoms with Crippen LogP contribution in [0.5, 0.6) is 0 Å². The molecule has 16 rings (SSSR count). The molecule has 2 aliphatic heterocycles. The van der Waals surface area contributed by atoms with Gasteiger partial charge in [0.25, 0.3) is 0 Å². The van der Waals surface area contributed by atoms with Crippen molar-refractivity contribution < 1.29 is 0 Å². The summed E-state index contributed by atoms with van der Waals surface area (Å²) in [5.41, 5.74) is 24.6. The summed E-state index contributed by atoms with van der Waals surface area (Å²) < 4.78 is 5.09. The molecule has 0 atom stereocenters. The minimum Gasteiger partial charge on any atom is -0.311 e. The Hall–Kier alpha value is -9.13. The van der Waals surface area contributed by atoms with Crippen molar-refractivity contribution in [2.75, 3.05) is 4.90 Å². The van der Waals surface area contributed by atoms with Crippen molar-refractivity contribution in [2.24, 2.45) is 0 Å². The Bertz CT molecular complexity index is 4710. The highest BCUT2D eigenvalue weighted by molar-refractivity contribution is 8.00. The maximum atomic E-state index is 2.65. The van der Waals surface area contributed by atoms with Gasteiger partial charge in [-0.1, -0.05) is 226 Å². The maximum absolute atomic E-state index is 2.65. The van der Waals surface area contributed by atoms with Crippen molar-refractivity contribution in [1.82, 2.24) is 4.57 Å². The standard InChI is InChI=1S/C76H53BN2S2/c1-76(2,3)58-33-28-52(29-34-58)57-44-69-75-73(46-57)81-71-39-35-59(78-65-36-30-53(48-18-8-4-9-19-48)40-61(65)62-41-54(31-37-66(62)78)49-20-10-5-11-21-49)47-64(71)77(75)63-42-55(50-22-12-6-13-23-50)32-38-67(63)79(69)68-43-56(51-24-14-7-15-25-51)45-72-74(68)60-26-16-17-27-70(60)80-72/h4-47H,1-3H3. The van der Waals surface area contributed by atoms with E-state index < -0.39 is 0 Å². The van der Waals surface area contributed by atoms with Crippen molar-refractivity contribution in [2.45, 2.75) is 36.0 Å². The summed E-state index contributed by atoms with van der Waals surface area (Å²) >= 11 is 3.82. The summed E-state index contributed by atoms with van der Waals surface area (Å²) in [5, 5.41) is 5.04. The summed E-state index contributed by atoms with van der Waals surface area (Å²) in [6.07, 6.45) is 0. The molecule has 2 nitrogen and oxygen atoms in total. The van der Waals surface area contributed by atoms with E-state index in [2.05, 4.69) is 297 Å². The van der Waals surface area contributed by atoms with Crippen molar-refractivity contribution >= 4 is 105 Å². The van der Waals surface area contributed by atoms with Crippen LogP contribution in [0.3, 0.4) is 0 Å². The number of anilines is 3. The number of fused-ring (bicyclic) bond motifs is 10. The SMILES string of the molecule is CC(C)(C)c1ccc(-c2cc3c4c(c2)N(c2cc(-c5ccccc5)cc5sc6ccccc6c25)c2ccc(-c5ccccc5)cc2B4c2cc(-n4c5ccc(-c6ccccc6)cc5c5cc(-c6ccccc6)ccc54)ccc2S3)cc1. The lowest BCUT2D eigenvalue weighted by atomic mass is 9.34. The predicted molar refractivity (Wildman–Crippen MR) is 349 cm³/mol. The molecule has 12 aromatic carbocycles. The first-order valence-electron chi connectivity index (χ1n) is 28.1. The Morgan fingerprint density at radius 1 is 0.346 bits per heavy atom. The summed E-state index contributed by atoms with van der Waals surface area (Å²) in [5.74, 6) is 0. The van der Waals surface area contributed by atoms with Crippen LogP contribution in [-0.2, 0) is 5.41 Å². The lowest BCUT2D eigenvalue weighted by molar-refractivity contribution is 0.590. The monoisotopic (exact) mass is 1070 g/mol. The van der Waals surface area contributed by atoms with Crippen LogP contribution in [0.15, 0.2) is 277 Å². The molecule has 5 heteroatoms. The van der Waals surface area contributed by atoms with Gasteiger partial charge in [0.1, 0.15) is 0 Å². The van der Waals surface area contributed by atoms with Crippen molar-refractivity contribution in [3.05, 3.63) is 272 Å². The zero-order valence-corrected chi connectivity index (χ0v) is 46.8. The molecule has 0 spiro atoms. The van der Waals surface area contributed by atoms with Gasteiger partial charge in [-0.05, 0) is 156 Å². The van der Waals surface area contributed by atoms with Gasteiger partial charge < -0.3 is 9.47 Å². The first-order chi connectivity index (χ1) is 39.8. The quantitative estimate of drug-likeness (QED) is 0.147. The molecule has 0 saturated carbocycles. The third-order valence-electron chi connectivity index (χ3n) is 17.0. The lowest BCUT2D eigenvalue weighted by Gasteiger charge is -2.41. The molecule has 0 fully saturated rings. The molecule has 81 heavy (non-hydrogen) atoms. The fourth-order valence-electron chi connectivity index (χ4n) is 13.0. The van der Waals surface area contributed by atoms with Crippen molar-refractivity contribution in [3.63, 3.8) is 0 Å². The topological polar surface area (TPSA) is 8.17 Å². The first kappa shape index (κ1) is 47.8. The second-order valence-corrected chi connectivity index (χ2v) is 25.0. The molecular formula is C76H53BN2S2. The van der Waals surface area contributed by atoms with E-state index in [1.54, 1.807) is 0 Å². The number of hydrogen-bond donors (Lipinski definition) is 0. The van der Waals surface area contributed by atoms with Gasteiger partial charge in [-0.3, -0.25) is 0 Å². The van der Waals surface area contributed by atoms with Gasteiger partial charge in [-0.2, -0.15) is 0 Å². The van der Waals surface area contributed by atoms with Gasteiger partial charge >= 0.3 is 0 Å². The molecule has 382 valence electrons. The summed E-state index contributed by atoms with van der Waals surface area (Å²) in [6.45, 7) is 6.82. The van der Waals surface area contributed by atoms with E-state index in [0.717, 1.165) is 5.69 Å². The Labute approximate surface area is 481 Å². The largest absolute Gasteiger partial charge is 0.311 e. The molecule has 0 saturated heterocycles. The molecule has 0 unspecified atom stereocenters. The Kier molecular flexibility index (Phi) is 11.1. The Morgan fingerprint density at radius 2 is 0.864 bits per heavy atom. The van der Waals surface area contributed by atoms with Gasteiger partial charge in [-0.15, -0.1) is 11.3 Å². The molecule has 2 aliphatic rings. The van der Waals surface area contributed by atoms with E-state index >= 15 is 0 Å². The van der Waals surface area contributed by atoms with Gasteiger partial charge in [-0.25, -0.2) is 0 Å². The third-order valence-corrected chi connectivity index (χ3v) is 19.3. The van der Waals surface area contributed by atoms with E-state index in [1.165, 1.54) is 146 Å². The highest BCUT2D eigenvalue weighted by Crippen LogP contribution is 2.51. The van der Waals surface area contributed by atoms with Gasteiger partial charge in [0.05, 0.1) is 16.7 Å². The van der Waals surface area contributed by atoms with Gasteiger partial charge in [0, 0.05) is 57.8 Å². The smallest absolute Gasteiger partial charge is 0.249 e. The highest BCUT2D eigenvalue weighted by atomic mass is 32.2. The van der Waals surface area contributed by atoms with Crippen molar-refractivity contribution in [3.8, 4) is 61.3 Å². The Morgan fingerprint density at radius 3 is 1.48 bits per heavy atom. The van der Waals surface area contributed by atoms with E-state index in [1.807, 2.05) is 23.1 Å². The summed E-state index contributed by atoms with van der Waals surface area (Å²) in [4.78, 5) is 5.22. The van der Waals surface area contributed by atoms with Crippen LogP contribution in [0.4, 0.5) is 17.1 Å². The zero-order valence-electron chi connectivity index (χ0n) is 45.2. The molecule has 0 radical (unpaired) electrons.